The average Bonchev–Trinajstić information content (AvgIpc) is 2.70. The van der Waals surface area contributed by atoms with Crippen molar-refractivity contribution in [2.45, 2.75) is 33.3 Å². The van der Waals surface area contributed by atoms with Crippen LogP contribution in [0.3, 0.4) is 0 Å². The van der Waals surface area contributed by atoms with Gasteiger partial charge >= 0.3 is 5.97 Å². The molecule has 0 radical (unpaired) electrons. The van der Waals surface area contributed by atoms with Crippen molar-refractivity contribution in [2.24, 2.45) is 17.8 Å². The molecular weight excluding hydrogens is 208 g/mol. The number of ether oxygens (including phenoxy) is 2. The lowest BCUT2D eigenvalue weighted by Crippen LogP contribution is -2.39. The molecule has 4 nitrogen and oxygen atoms in total. The predicted molar refractivity (Wildman–Crippen MR) is 59.9 cm³/mol. The largest absolute Gasteiger partial charge is 0.466 e. The number of rotatable bonds is 5. The van der Waals surface area contributed by atoms with E-state index < -0.39 is 12.0 Å². The van der Waals surface area contributed by atoms with E-state index in [1.807, 2.05) is 13.8 Å². The molecule has 3 unspecified atom stereocenters. The van der Waals surface area contributed by atoms with Crippen molar-refractivity contribution in [3.05, 3.63) is 0 Å². The molecule has 16 heavy (non-hydrogen) atoms. The maximum atomic E-state index is 11.8. The van der Waals surface area contributed by atoms with Gasteiger partial charge in [-0.1, -0.05) is 13.8 Å². The average molecular weight is 230 g/mol. The molecule has 1 fully saturated rings. The molecule has 0 aliphatic carbocycles. The summed E-state index contributed by atoms with van der Waals surface area (Å²) in [6.07, 6.45) is 0.172. The molecule has 1 heterocycles. The molecule has 0 amide bonds. The Morgan fingerprint density at radius 2 is 2.25 bits per heavy atom. The maximum absolute atomic E-state index is 11.8. The molecule has 0 aromatic heterocycles. The van der Waals surface area contributed by atoms with Gasteiger partial charge in [-0.15, -0.1) is 0 Å². The van der Waals surface area contributed by atoms with Gasteiger partial charge < -0.3 is 14.6 Å². The van der Waals surface area contributed by atoms with Gasteiger partial charge in [0.1, 0.15) is 0 Å². The van der Waals surface area contributed by atoms with Crippen LogP contribution in [0.25, 0.3) is 0 Å². The van der Waals surface area contributed by atoms with E-state index in [2.05, 4.69) is 0 Å². The van der Waals surface area contributed by atoms with E-state index in [4.69, 9.17) is 9.47 Å². The molecule has 1 aliphatic rings. The van der Waals surface area contributed by atoms with E-state index >= 15 is 0 Å². The number of hydrogen-bond donors (Lipinski definition) is 1. The van der Waals surface area contributed by atoms with Crippen LogP contribution in [0.4, 0.5) is 0 Å². The van der Waals surface area contributed by atoms with Crippen molar-refractivity contribution >= 4 is 5.97 Å². The zero-order valence-electron chi connectivity index (χ0n) is 10.3. The van der Waals surface area contributed by atoms with E-state index in [0.717, 1.165) is 6.42 Å². The first-order valence-electron chi connectivity index (χ1n) is 6.00. The lowest BCUT2D eigenvalue weighted by atomic mass is 9.83. The Labute approximate surface area is 96.9 Å². The van der Waals surface area contributed by atoms with Crippen molar-refractivity contribution in [3.8, 4) is 0 Å². The first kappa shape index (κ1) is 13.5. The van der Waals surface area contributed by atoms with Crippen molar-refractivity contribution in [2.75, 3.05) is 19.8 Å². The molecule has 1 aliphatic heterocycles. The minimum atomic E-state index is -0.651. The minimum Gasteiger partial charge on any atom is -0.466 e. The van der Waals surface area contributed by atoms with Crippen molar-refractivity contribution < 1.29 is 19.4 Å². The molecule has 94 valence electrons. The maximum Gasteiger partial charge on any atom is 0.311 e. The smallest absolute Gasteiger partial charge is 0.311 e. The van der Waals surface area contributed by atoms with Gasteiger partial charge in [-0.2, -0.15) is 0 Å². The van der Waals surface area contributed by atoms with E-state index in [-0.39, 0.29) is 17.8 Å². The lowest BCUT2D eigenvalue weighted by molar-refractivity contribution is -0.156. The Hall–Kier alpha value is -0.610. The van der Waals surface area contributed by atoms with Gasteiger partial charge in [0.2, 0.25) is 0 Å². The number of carbonyl (C=O) groups excluding carboxylic acids is 1. The fourth-order valence-electron chi connectivity index (χ4n) is 2.16. The number of aliphatic hydroxyl groups is 1. The summed E-state index contributed by atoms with van der Waals surface area (Å²) in [5, 5.41) is 10.2. The van der Waals surface area contributed by atoms with Gasteiger partial charge in [0.25, 0.3) is 0 Å². The quantitative estimate of drug-likeness (QED) is 0.721. The zero-order valence-corrected chi connectivity index (χ0v) is 10.3. The SMILES string of the molecule is CCOC(=O)C(C(C)C)C(O)C1CCOC1. The summed E-state index contributed by atoms with van der Waals surface area (Å²) >= 11 is 0. The van der Waals surface area contributed by atoms with Crippen LogP contribution in [-0.2, 0) is 14.3 Å². The van der Waals surface area contributed by atoms with Gasteiger partial charge in [-0.25, -0.2) is 0 Å². The van der Waals surface area contributed by atoms with Crippen LogP contribution in [0, 0.1) is 17.8 Å². The molecule has 0 aromatic carbocycles. The molecule has 0 saturated carbocycles. The lowest BCUT2D eigenvalue weighted by Gasteiger charge is -2.27. The summed E-state index contributed by atoms with van der Waals surface area (Å²) in [5.74, 6) is -0.588. The Bertz CT molecular complexity index is 221. The van der Waals surface area contributed by atoms with Crippen LogP contribution < -0.4 is 0 Å². The molecule has 0 spiro atoms. The second-order valence-electron chi connectivity index (χ2n) is 4.64. The van der Waals surface area contributed by atoms with Crippen molar-refractivity contribution in [1.82, 2.24) is 0 Å². The van der Waals surface area contributed by atoms with Gasteiger partial charge in [0.15, 0.2) is 0 Å². The second kappa shape index (κ2) is 6.21. The highest BCUT2D eigenvalue weighted by Gasteiger charge is 2.37. The van der Waals surface area contributed by atoms with Gasteiger partial charge in [0, 0.05) is 12.5 Å². The molecule has 0 bridgehead atoms. The third-order valence-electron chi connectivity index (χ3n) is 3.09. The topological polar surface area (TPSA) is 55.8 Å². The number of aliphatic hydroxyl groups excluding tert-OH is 1. The molecular formula is C12H22O4. The third kappa shape index (κ3) is 3.19. The molecule has 1 saturated heterocycles. The Morgan fingerprint density at radius 1 is 1.56 bits per heavy atom. The van der Waals surface area contributed by atoms with Crippen LogP contribution >= 0.6 is 0 Å². The first-order chi connectivity index (χ1) is 7.57. The second-order valence-corrected chi connectivity index (χ2v) is 4.64. The molecule has 0 aromatic rings. The van der Waals surface area contributed by atoms with E-state index in [1.165, 1.54) is 0 Å². The highest BCUT2D eigenvalue weighted by atomic mass is 16.5. The fourth-order valence-corrected chi connectivity index (χ4v) is 2.16. The molecule has 1 N–H and O–H groups in total. The Morgan fingerprint density at radius 3 is 2.69 bits per heavy atom. The molecule has 4 heteroatoms. The van der Waals surface area contributed by atoms with Gasteiger partial charge in [-0.3, -0.25) is 4.79 Å². The van der Waals surface area contributed by atoms with Gasteiger partial charge in [-0.05, 0) is 19.3 Å². The van der Waals surface area contributed by atoms with Crippen molar-refractivity contribution in [1.29, 1.82) is 0 Å². The Kier molecular flexibility index (Phi) is 5.22. The highest BCUT2D eigenvalue weighted by Crippen LogP contribution is 2.27. The Balaban J connectivity index is 2.64. The zero-order chi connectivity index (χ0) is 12.1. The predicted octanol–water partition coefficient (Wildman–Crippen LogP) is 1.22. The summed E-state index contributed by atoms with van der Waals surface area (Å²) in [6.45, 7) is 7.22. The fraction of sp³-hybridized carbons (Fsp3) is 0.917. The molecule has 1 rings (SSSR count). The monoisotopic (exact) mass is 230 g/mol. The number of esters is 1. The highest BCUT2D eigenvalue weighted by molar-refractivity contribution is 5.73. The molecule has 3 atom stereocenters. The van der Waals surface area contributed by atoms with Crippen molar-refractivity contribution in [3.63, 3.8) is 0 Å². The summed E-state index contributed by atoms with van der Waals surface area (Å²) in [4.78, 5) is 11.8. The first-order valence-corrected chi connectivity index (χ1v) is 6.00. The third-order valence-corrected chi connectivity index (χ3v) is 3.09. The standard InChI is InChI=1S/C12H22O4/c1-4-16-12(14)10(8(2)3)11(13)9-5-6-15-7-9/h8-11,13H,4-7H2,1-3H3. The summed E-state index contributed by atoms with van der Waals surface area (Å²) < 4.78 is 10.2. The van der Waals surface area contributed by atoms with Crippen LogP contribution in [0.15, 0.2) is 0 Å². The van der Waals surface area contributed by atoms with Gasteiger partial charge in [0.05, 0.1) is 25.2 Å². The van der Waals surface area contributed by atoms with Crippen LogP contribution in [-0.4, -0.2) is 37.0 Å². The summed E-state index contributed by atoms with van der Waals surface area (Å²) in [7, 11) is 0. The minimum absolute atomic E-state index is 0.0665. The van der Waals surface area contributed by atoms with E-state index in [9.17, 15) is 9.90 Å². The van der Waals surface area contributed by atoms with E-state index in [1.54, 1.807) is 6.92 Å². The number of carbonyl (C=O) groups is 1. The van der Waals surface area contributed by atoms with Crippen LogP contribution in [0.2, 0.25) is 0 Å². The van der Waals surface area contributed by atoms with Crippen LogP contribution in [0.1, 0.15) is 27.2 Å². The number of hydrogen-bond acceptors (Lipinski definition) is 4. The van der Waals surface area contributed by atoms with E-state index in [0.29, 0.717) is 19.8 Å². The summed E-state index contributed by atoms with van der Waals surface area (Å²) in [6, 6.07) is 0. The summed E-state index contributed by atoms with van der Waals surface area (Å²) in [5.41, 5.74) is 0. The normalized spacial score (nSPS) is 24.4. The van der Waals surface area contributed by atoms with Crippen LogP contribution in [0.5, 0.6) is 0 Å².